The third-order valence-electron chi connectivity index (χ3n) is 2.69. The number of nitrogens with one attached hydrogen (secondary N) is 3. The molecule has 0 aromatic heterocycles. The maximum Gasteiger partial charge on any atom is 0.315 e. The zero-order valence-electron chi connectivity index (χ0n) is 8.21. The van der Waals surface area contributed by atoms with E-state index in [1.807, 2.05) is 0 Å². The third-order valence-corrected chi connectivity index (χ3v) is 2.69. The topological polar surface area (TPSA) is 62.4 Å². The molecular weight excluding hydrogens is 182 g/mol. The maximum atomic E-state index is 11.3. The Morgan fingerprint density at radius 1 is 1.50 bits per heavy atom. The predicted molar refractivity (Wildman–Crippen MR) is 52.1 cm³/mol. The Labute approximate surface area is 83.6 Å². The van der Waals surface area contributed by atoms with Gasteiger partial charge < -0.3 is 20.7 Å². The number of carbonyl (C=O) groups excluding carboxylic acids is 1. The molecule has 5 heteroatoms. The van der Waals surface area contributed by atoms with Crippen LogP contribution in [0.1, 0.15) is 6.42 Å². The molecule has 0 aliphatic carbocycles. The van der Waals surface area contributed by atoms with Crippen LogP contribution < -0.4 is 16.0 Å². The lowest BCUT2D eigenvalue weighted by Crippen LogP contribution is -2.59. The van der Waals surface area contributed by atoms with Crippen LogP contribution in [-0.2, 0) is 4.74 Å². The fourth-order valence-corrected chi connectivity index (χ4v) is 1.61. The fourth-order valence-electron chi connectivity index (χ4n) is 1.61. The first-order valence-corrected chi connectivity index (χ1v) is 5.17. The highest BCUT2D eigenvalue weighted by Crippen LogP contribution is 2.10. The summed E-state index contributed by atoms with van der Waals surface area (Å²) in [4.78, 5) is 11.3. The van der Waals surface area contributed by atoms with E-state index in [1.165, 1.54) is 0 Å². The lowest BCUT2D eigenvalue weighted by molar-refractivity contribution is 0.184. The van der Waals surface area contributed by atoms with Gasteiger partial charge in [-0.25, -0.2) is 4.79 Å². The molecule has 5 nitrogen and oxygen atoms in total. The van der Waals surface area contributed by atoms with Crippen LogP contribution in [0.4, 0.5) is 4.79 Å². The lowest BCUT2D eigenvalue weighted by atomic mass is 10.1. The second-order valence-electron chi connectivity index (χ2n) is 3.94. The van der Waals surface area contributed by atoms with Crippen molar-refractivity contribution in [3.8, 4) is 0 Å². The molecule has 2 heterocycles. The Morgan fingerprint density at radius 2 is 2.36 bits per heavy atom. The average Bonchev–Trinajstić information content (AvgIpc) is 2.60. The van der Waals surface area contributed by atoms with Crippen LogP contribution in [0.5, 0.6) is 0 Å². The summed E-state index contributed by atoms with van der Waals surface area (Å²) in [5, 5.41) is 8.85. The van der Waals surface area contributed by atoms with Gasteiger partial charge in [0.15, 0.2) is 0 Å². The van der Waals surface area contributed by atoms with Gasteiger partial charge in [0.2, 0.25) is 0 Å². The first kappa shape index (κ1) is 9.73. The van der Waals surface area contributed by atoms with Gasteiger partial charge >= 0.3 is 6.03 Å². The van der Waals surface area contributed by atoms with Crippen molar-refractivity contribution < 1.29 is 9.53 Å². The highest BCUT2D eigenvalue weighted by Gasteiger charge is 2.20. The molecule has 80 valence electrons. The van der Waals surface area contributed by atoms with E-state index in [1.54, 1.807) is 0 Å². The van der Waals surface area contributed by atoms with Gasteiger partial charge in [0.25, 0.3) is 0 Å². The zero-order chi connectivity index (χ0) is 9.80. The molecular formula is C9H17N3O2. The van der Waals surface area contributed by atoms with E-state index in [2.05, 4.69) is 16.0 Å². The summed E-state index contributed by atoms with van der Waals surface area (Å²) in [5.74, 6) is 0.500. The average molecular weight is 199 g/mol. The van der Waals surface area contributed by atoms with Crippen LogP contribution in [0, 0.1) is 5.92 Å². The molecule has 2 aliphatic heterocycles. The first-order chi connectivity index (χ1) is 6.84. The van der Waals surface area contributed by atoms with E-state index in [4.69, 9.17) is 4.74 Å². The van der Waals surface area contributed by atoms with Crippen LogP contribution in [0.25, 0.3) is 0 Å². The van der Waals surface area contributed by atoms with Crippen molar-refractivity contribution in [1.82, 2.24) is 16.0 Å². The van der Waals surface area contributed by atoms with Gasteiger partial charge in [-0.15, -0.1) is 0 Å². The van der Waals surface area contributed by atoms with Crippen molar-refractivity contribution in [2.45, 2.75) is 12.5 Å². The molecule has 2 saturated heterocycles. The van der Waals surface area contributed by atoms with Gasteiger partial charge in [0.1, 0.15) is 0 Å². The summed E-state index contributed by atoms with van der Waals surface area (Å²) < 4.78 is 5.22. The largest absolute Gasteiger partial charge is 0.381 e. The normalized spacial score (nSPS) is 27.0. The highest BCUT2D eigenvalue weighted by atomic mass is 16.5. The predicted octanol–water partition coefficient (Wildman–Crippen LogP) is -0.706. The molecule has 0 saturated carbocycles. The number of ether oxygens (including phenoxy) is 1. The van der Waals surface area contributed by atoms with E-state index in [-0.39, 0.29) is 6.03 Å². The molecule has 0 spiro atoms. The molecule has 2 aliphatic rings. The van der Waals surface area contributed by atoms with Crippen molar-refractivity contribution >= 4 is 6.03 Å². The van der Waals surface area contributed by atoms with E-state index in [9.17, 15) is 4.79 Å². The first-order valence-electron chi connectivity index (χ1n) is 5.17. The van der Waals surface area contributed by atoms with Crippen LogP contribution in [0.3, 0.4) is 0 Å². The maximum absolute atomic E-state index is 11.3. The Hall–Kier alpha value is -0.810. The minimum Gasteiger partial charge on any atom is -0.381 e. The SMILES string of the molecule is O=C(NCC1CCOC1)NC1CNC1. The molecule has 2 amide bonds. The minimum absolute atomic E-state index is 0.0524. The van der Waals surface area contributed by atoms with Crippen LogP contribution in [0.2, 0.25) is 0 Å². The quantitative estimate of drug-likeness (QED) is 0.563. The van der Waals surface area contributed by atoms with Gasteiger partial charge in [0.05, 0.1) is 12.6 Å². The minimum atomic E-state index is -0.0524. The Kier molecular flexibility index (Phi) is 3.21. The number of rotatable bonds is 3. The Bertz CT molecular complexity index is 200. The van der Waals surface area contributed by atoms with E-state index in [0.29, 0.717) is 12.0 Å². The smallest absolute Gasteiger partial charge is 0.315 e. The standard InChI is InChI=1S/C9H17N3O2/c13-9(12-8-4-10-5-8)11-3-7-1-2-14-6-7/h7-8,10H,1-6H2,(H2,11,12,13). The van der Waals surface area contributed by atoms with Crippen LogP contribution in [-0.4, -0.2) is 44.9 Å². The Balaban J connectivity index is 1.57. The second kappa shape index (κ2) is 4.61. The number of hydrogen-bond acceptors (Lipinski definition) is 3. The van der Waals surface area contributed by atoms with E-state index < -0.39 is 0 Å². The molecule has 0 aromatic carbocycles. The molecule has 14 heavy (non-hydrogen) atoms. The van der Waals surface area contributed by atoms with E-state index in [0.717, 1.165) is 39.3 Å². The summed E-state index contributed by atoms with van der Waals surface area (Å²) in [6.07, 6.45) is 1.06. The fraction of sp³-hybridized carbons (Fsp3) is 0.889. The van der Waals surface area contributed by atoms with Gasteiger partial charge in [-0.3, -0.25) is 0 Å². The molecule has 1 unspecified atom stereocenters. The summed E-state index contributed by atoms with van der Waals surface area (Å²) in [6.45, 7) is 4.12. The van der Waals surface area contributed by atoms with Crippen molar-refractivity contribution in [2.75, 3.05) is 32.8 Å². The second-order valence-corrected chi connectivity index (χ2v) is 3.94. The number of amides is 2. The van der Waals surface area contributed by atoms with Crippen molar-refractivity contribution in [1.29, 1.82) is 0 Å². The third kappa shape index (κ3) is 2.59. The molecule has 1 atom stereocenters. The van der Waals surface area contributed by atoms with Gasteiger partial charge in [-0.1, -0.05) is 0 Å². The summed E-state index contributed by atoms with van der Waals surface area (Å²) in [5.41, 5.74) is 0. The van der Waals surface area contributed by atoms with Crippen LogP contribution >= 0.6 is 0 Å². The van der Waals surface area contributed by atoms with Crippen molar-refractivity contribution in [3.63, 3.8) is 0 Å². The van der Waals surface area contributed by atoms with Gasteiger partial charge in [0, 0.05) is 32.2 Å². The highest BCUT2D eigenvalue weighted by molar-refractivity contribution is 5.74. The summed E-state index contributed by atoms with van der Waals surface area (Å²) in [6, 6.07) is 0.262. The number of urea groups is 1. The monoisotopic (exact) mass is 199 g/mol. The summed E-state index contributed by atoms with van der Waals surface area (Å²) >= 11 is 0. The van der Waals surface area contributed by atoms with E-state index >= 15 is 0 Å². The van der Waals surface area contributed by atoms with Gasteiger partial charge in [-0.05, 0) is 6.42 Å². The lowest BCUT2D eigenvalue weighted by Gasteiger charge is -2.28. The molecule has 2 fully saturated rings. The zero-order valence-corrected chi connectivity index (χ0v) is 8.21. The molecule has 0 bridgehead atoms. The van der Waals surface area contributed by atoms with Crippen molar-refractivity contribution in [2.24, 2.45) is 5.92 Å². The molecule has 0 radical (unpaired) electrons. The number of hydrogen-bond donors (Lipinski definition) is 3. The summed E-state index contributed by atoms with van der Waals surface area (Å²) in [7, 11) is 0. The molecule has 3 N–H and O–H groups in total. The molecule has 0 aromatic rings. The van der Waals surface area contributed by atoms with Crippen LogP contribution in [0.15, 0.2) is 0 Å². The molecule has 2 rings (SSSR count). The Morgan fingerprint density at radius 3 is 2.93 bits per heavy atom. The number of carbonyl (C=O) groups is 1. The van der Waals surface area contributed by atoms with Gasteiger partial charge in [-0.2, -0.15) is 0 Å². The van der Waals surface area contributed by atoms with Crippen molar-refractivity contribution in [3.05, 3.63) is 0 Å².